The largest absolute Gasteiger partial charge is 0.375 e. The van der Waals surface area contributed by atoms with Crippen LogP contribution in [0.4, 0.5) is 0 Å². The van der Waals surface area contributed by atoms with Crippen LogP contribution in [0.5, 0.6) is 0 Å². The lowest BCUT2D eigenvalue weighted by atomic mass is 9.65. The molecule has 0 bridgehead atoms. The summed E-state index contributed by atoms with van der Waals surface area (Å²) < 4.78 is 5.91. The van der Waals surface area contributed by atoms with E-state index in [0.29, 0.717) is 17.6 Å². The molecule has 2 rings (SSSR count). The Bertz CT molecular complexity index is 189. The standard InChI is InChI=1S/C12H23NO/c1-10-4-5-11(14-10)8-12(9-13-2)6-3-7-12/h10-11,13H,3-9H2,1-2H3. The highest BCUT2D eigenvalue weighted by Crippen LogP contribution is 2.46. The van der Waals surface area contributed by atoms with Crippen molar-refractivity contribution in [1.29, 1.82) is 0 Å². The molecule has 0 aromatic heterocycles. The normalized spacial score (nSPS) is 35.6. The molecule has 2 fully saturated rings. The fourth-order valence-corrected chi connectivity index (χ4v) is 3.02. The van der Waals surface area contributed by atoms with Crippen molar-refractivity contribution >= 4 is 0 Å². The highest BCUT2D eigenvalue weighted by molar-refractivity contribution is 4.92. The lowest BCUT2D eigenvalue weighted by Gasteiger charge is -2.43. The summed E-state index contributed by atoms with van der Waals surface area (Å²) in [5.74, 6) is 0. The van der Waals surface area contributed by atoms with Crippen LogP contribution in [0.25, 0.3) is 0 Å². The van der Waals surface area contributed by atoms with Crippen molar-refractivity contribution < 1.29 is 4.74 Å². The van der Waals surface area contributed by atoms with Gasteiger partial charge in [0, 0.05) is 6.54 Å². The molecule has 1 heterocycles. The van der Waals surface area contributed by atoms with Gasteiger partial charge in [-0.1, -0.05) is 6.42 Å². The van der Waals surface area contributed by atoms with Crippen LogP contribution in [0.3, 0.4) is 0 Å². The van der Waals surface area contributed by atoms with E-state index in [9.17, 15) is 0 Å². The third-order valence-electron chi connectivity index (χ3n) is 3.95. The molecule has 1 N–H and O–H groups in total. The summed E-state index contributed by atoms with van der Waals surface area (Å²) >= 11 is 0. The number of hydrogen-bond acceptors (Lipinski definition) is 2. The fourth-order valence-electron chi connectivity index (χ4n) is 3.02. The molecule has 2 nitrogen and oxygen atoms in total. The molecule has 82 valence electrons. The minimum atomic E-state index is 0.506. The lowest BCUT2D eigenvalue weighted by Crippen LogP contribution is -2.41. The Labute approximate surface area is 87.4 Å². The van der Waals surface area contributed by atoms with Crippen molar-refractivity contribution in [2.24, 2.45) is 5.41 Å². The van der Waals surface area contributed by atoms with Crippen molar-refractivity contribution in [2.75, 3.05) is 13.6 Å². The average molecular weight is 197 g/mol. The van der Waals surface area contributed by atoms with E-state index in [-0.39, 0.29) is 0 Å². The maximum Gasteiger partial charge on any atom is 0.0585 e. The highest BCUT2D eigenvalue weighted by Gasteiger charge is 2.39. The molecule has 0 aromatic rings. The Balaban J connectivity index is 1.82. The summed E-state index contributed by atoms with van der Waals surface area (Å²) in [5.41, 5.74) is 0.587. The number of hydrogen-bond donors (Lipinski definition) is 1. The van der Waals surface area contributed by atoms with Crippen molar-refractivity contribution in [3.63, 3.8) is 0 Å². The maximum atomic E-state index is 5.91. The van der Waals surface area contributed by atoms with Crippen LogP contribution in [0.1, 0.15) is 45.4 Å². The molecular weight excluding hydrogens is 174 g/mol. The van der Waals surface area contributed by atoms with Gasteiger partial charge in [-0.2, -0.15) is 0 Å². The Kier molecular flexibility index (Phi) is 3.13. The molecule has 0 radical (unpaired) electrons. The molecule has 0 aromatic carbocycles. The molecule has 1 saturated carbocycles. The minimum absolute atomic E-state index is 0.506. The van der Waals surface area contributed by atoms with E-state index >= 15 is 0 Å². The molecular formula is C12H23NO. The van der Waals surface area contributed by atoms with E-state index in [1.807, 2.05) is 0 Å². The summed E-state index contributed by atoms with van der Waals surface area (Å²) in [6.07, 6.45) is 9.13. The van der Waals surface area contributed by atoms with E-state index in [0.717, 1.165) is 0 Å². The molecule has 2 unspecified atom stereocenters. The first kappa shape index (κ1) is 10.4. The highest BCUT2D eigenvalue weighted by atomic mass is 16.5. The SMILES string of the molecule is CNCC1(CC2CCC(C)O2)CCC1. The van der Waals surface area contributed by atoms with Crippen LogP contribution in [0.2, 0.25) is 0 Å². The van der Waals surface area contributed by atoms with Crippen LogP contribution in [-0.2, 0) is 4.74 Å². The summed E-state index contributed by atoms with van der Waals surface area (Å²) in [4.78, 5) is 0. The first-order valence-electron chi connectivity index (χ1n) is 6.04. The predicted molar refractivity (Wildman–Crippen MR) is 58.4 cm³/mol. The second-order valence-corrected chi connectivity index (χ2v) is 5.23. The summed E-state index contributed by atoms with van der Waals surface area (Å²) in [5, 5.41) is 3.34. The Morgan fingerprint density at radius 2 is 2.14 bits per heavy atom. The van der Waals surface area contributed by atoms with E-state index in [1.54, 1.807) is 0 Å². The molecule has 2 heteroatoms. The molecule has 2 aliphatic rings. The lowest BCUT2D eigenvalue weighted by molar-refractivity contribution is -0.00319. The van der Waals surface area contributed by atoms with Gasteiger partial charge in [-0.3, -0.25) is 0 Å². The smallest absolute Gasteiger partial charge is 0.0585 e. The van der Waals surface area contributed by atoms with Gasteiger partial charge in [0.15, 0.2) is 0 Å². The summed E-state index contributed by atoms with van der Waals surface area (Å²) in [6, 6.07) is 0. The van der Waals surface area contributed by atoms with Gasteiger partial charge in [0.2, 0.25) is 0 Å². The molecule has 2 atom stereocenters. The van der Waals surface area contributed by atoms with Crippen LogP contribution < -0.4 is 5.32 Å². The van der Waals surface area contributed by atoms with Crippen LogP contribution in [0, 0.1) is 5.41 Å². The van der Waals surface area contributed by atoms with Gasteiger partial charge in [0.1, 0.15) is 0 Å². The molecule has 1 aliphatic carbocycles. The Morgan fingerprint density at radius 3 is 2.57 bits per heavy atom. The second kappa shape index (κ2) is 4.19. The zero-order valence-electron chi connectivity index (χ0n) is 9.51. The number of nitrogens with one attached hydrogen (secondary N) is 1. The van der Waals surface area contributed by atoms with Gasteiger partial charge < -0.3 is 10.1 Å². The second-order valence-electron chi connectivity index (χ2n) is 5.23. The molecule has 0 spiro atoms. The topological polar surface area (TPSA) is 21.3 Å². The number of ether oxygens (including phenoxy) is 1. The quantitative estimate of drug-likeness (QED) is 0.747. The van der Waals surface area contributed by atoms with Crippen molar-refractivity contribution in [1.82, 2.24) is 5.32 Å². The van der Waals surface area contributed by atoms with Crippen molar-refractivity contribution in [3.8, 4) is 0 Å². The van der Waals surface area contributed by atoms with Gasteiger partial charge in [0.05, 0.1) is 12.2 Å². The summed E-state index contributed by atoms with van der Waals surface area (Å²) in [7, 11) is 2.07. The molecule has 1 aliphatic heterocycles. The van der Waals surface area contributed by atoms with Gasteiger partial charge in [-0.25, -0.2) is 0 Å². The minimum Gasteiger partial charge on any atom is -0.375 e. The first-order valence-corrected chi connectivity index (χ1v) is 6.04. The van der Waals surface area contributed by atoms with Gasteiger partial charge in [0.25, 0.3) is 0 Å². The van der Waals surface area contributed by atoms with Gasteiger partial charge >= 0.3 is 0 Å². The summed E-state index contributed by atoms with van der Waals surface area (Å²) in [6.45, 7) is 3.38. The van der Waals surface area contributed by atoms with Crippen LogP contribution in [0.15, 0.2) is 0 Å². The van der Waals surface area contributed by atoms with Gasteiger partial charge in [-0.15, -0.1) is 0 Å². The molecule has 1 saturated heterocycles. The third kappa shape index (κ3) is 2.12. The van der Waals surface area contributed by atoms with Crippen LogP contribution in [-0.4, -0.2) is 25.8 Å². The Hall–Kier alpha value is -0.0800. The predicted octanol–water partition coefficient (Wildman–Crippen LogP) is 2.33. The number of rotatable bonds is 4. The molecule has 14 heavy (non-hydrogen) atoms. The van der Waals surface area contributed by atoms with Gasteiger partial charge in [-0.05, 0) is 51.5 Å². The van der Waals surface area contributed by atoms with E-state index in [2.05, 4.69) is 19.3 Å². The van der Waals surface area contributed by atoms with Crippen LogP contribution >= 0.6 is 0 Å². The van der Waals surface area contributed by atoms with Crippen molar-refractivity contribution in [3.05, 3.63) is 0 Å². The monoisotopic (exact) mass is 197 g/mol. The average Bonchev–Trinajstić information content (AvgIpc) is 2.48. The fraction of sp³-hybridized carbons (Fsp3) is 1.00. The van der Waals surface area contributed by atoms with Crippen molar-refractivity contribution in [2.45, 2.75) is 57.7 Å². The van der Waals surface area contributed by atoms with E-state index in [4.69, 9.17) is 4.74 Å². The zero-order chi connectivity index (χ0) is 10.0. The van der Waals surface area contributed by atoms with E-state index in [1.165, 1.54) is 45.1 Å². The molecule has 0 amide bonds. The first-order chi connectivity index (χ1) is 6.74. The maximum absolute atomic E-state index is 5.91. The zero-order valence-corrected chi connectivity index (χ0v) is 9.51. The third-order valence-corrected chi connectivity index (χ3v) is 3.95. The Morgan fingerprint density at radius 1 is 1.36 bits per heavy atom. The van der Waals surface area contributed by atoms with E-state index < -0.39 is 0 Å².